The Balaban J connectivity index is 0.000000565. The van der Waals surface area contributed by atoms with E-state index in [2.05, 4.69) is 21.1 Å². The molecule has 3 heterocycles. The van der Waals surface area contributed by atoms with Crippen molar-refractivity contribution in [3.8, 4) is 6.07 Å². The lowest BCUT2D eigenvalue weighted by molar-refractivity contribution is -0.127. The molecule has 1 fully saturated rings. The van der Waals surface area contributed by atoms with Crippen molar-refractivity contribution in [1.82, 2.24) is 19.5 Å². The number of aliphatic hydroxyl groups excluding tert-OH is 1. The SMILES string of the molecule is CC.CC(C)(O)O.CN(C)C=Nc1ncnn2c(C3CCC(C#N)(CO)O3)ccc12. The van der Waals surface area contributed by atoms with Gasteiger partial charge in [0, 0.05) is 14.1 Å². The lowest BCUT2D eigenvalue weighted by Gasteiger charge is -2.18. The first-order chi connectivity index (χ1) is 14.1. The van der Waals surface area contributed by atoms with Gasteiger partial charge in [-0.25, -0.2) is 14.5 Å². The first-order valence-electron chi connectivity index (χ1n) is 9.76. The number of hydrogen-bond donors (Lipinski definition) is 3. The van der Waals surface area contributed by atoms with Gasteiger partial charge in [0.2, 0.25) is 0 Å². The van der Waals surface area contributed by atoms with Gasteiger partial charge < -0.3 is 25.0 Å². The highest BCUT2D eigenvalue weighted by atomic mass is 16.5. The Morgan fingerprint density at radius 3 is 2.53 bits per heavy atom. The summed E-state index contributed by atoms with van der Waals surface area (Å²) in [5.74, 6) is -0.938. The summed E-state index contributed by atoms with van der Waals surface area (Å²) >= 11 is 0. The van der Waals surface area contributed by atoms with Gasteiger partial charge in [-0.3, -0.25) is 0 Å². The maximum absolute atomic E-state index is 9.41. The molecule has 2 unspecified atom stereocenters. The fourth-order valence-corrected chi connectivity index (χ4v) is 2.65. The molecule has 1 aliphatic rings. The van der Waals surface area contributed by atoms with E-state index in [1.807, 2.05) is 45.0 Å². The minimum absolute atomic E-state index is 0.287. The summed E-state index contributed by atoms with van der Waals surface area (Å²) in [7, 11) is 3.77. The van der Waals surface area contributed by atoms with Crippen LogP contribution in [-0.4, -0.2) is 73.2 Å². The molecule has 10 heteroatoms. The van der Waals surface area contributed by atoms with E-state index in [0.29, 0.717) is 18.7 Å². The smallest absolute Gasteiger partial charge is 0.181 e. The summed E-state index contributed by atoms with van der Waals surface area (Å²) in [5.41, 5.74) is 0.477. The molecule has 0 amide bonds. The summed E-state index contributed by atoms with van der Waals surface area (Å²) in [6.45, 7) is 6.29. The zero-order valence-electron chi connectivity index (χ0n) is 18.4. The molecule has 1 saturated heterocycles. The first-order valence-corrected chi connectivity index (χ1v) is 9.76. The average molecular weight is 421 g/mol. The first kappa shape index (κ1) is 25.5. The van der Waals surface area contributed by atoms with Crippen LogP contribution in [0, 0.1) is 11.3 Å². The number of nitrogens with zero attached hydrogens (tertiary/aromatic N) is 6. The lowest BCUT2D eigenvalue weighted by Crippen LogP contribution is -2.30. The highest BCUT2D eigenvalue weighted by molar-refractivity contribution is 5.70. The molecule has 2 aromatic rings. The molecule has 3 N–H and O–H groups in total. The molecule has 2 aromatic heterocycles. The van der Waals surface area contributed by atoms with E-state index in [1.54, 1.807) is 10.9 Å². The van der Waals surface area contributed by atoms with Crippen LogP contribution in [0.5, 0.6) is 0 Å². The fraction of sp³-hybridized carbons (Fsp3) is 0.600. The van der Waals surface area contributed by atoms with Crippen LogP contribution in [0.3, 0.4) is 0 Å². The molecular formula is C20H32N6O4. The molecule has 166 valence electrons. The zero-order valence-corrected chi connectivity index (χ0v) is 18.4. The highest BCUT2D eigenvalue weighted by Crippen LogP contribution is 2.39. The molecule has 1 aliphatic heterocycles. The van der Waals surface area contributed by atoms with Crippen molar-refractivity contribution in [3.05, 3.63) is 24.2 Å². The second-order valence-corrected chi connectivity index (χ2v) is 7.25. The molecular weight excluding hydrogens is 388 g/mol. The Kier molecular flexibility index (Phi) is 9.32. The summed E-state index contributed by atoms with van der Waals surface area (Å²) in [6.07, 6.45) is 3.98. The van der Waals surface area contributed by atoms with Gasteiger partial charge in [-0.15, -0.1) is 0 Å². The molecule has 2 atom stereocenters. The van der Waals surface area contributed by atoms with Gasteiger partial charge in [-0.2, -0.15) is 10.4 Å². The molecule has 0 radical (unpaired) electrons. The largest absolute Gasteiger partial charge is 0.392 e. The Labute approximate surface area is 177 Å². The third-order valence-electron chi connectivity index (χ3n) is 3.84. The van der Waals surface area contributed by atoms with E-state index in [1.165, 1.54) is 20.2 Å². The van der Waals surface area contributed by atoms with Crippen molar-refractivity contribution in [2.24, 2.45) is 4.99 Å². The molecule has 0 bridgehead atoms. The van der Waals surface area contributed by atoms with Crippen LogP contribution in [0.2, 0.25) is 0 Å². The van der Waals surface area contributed by atoms with Crippen LogP contribution in [0.15, 0.2) is 23.5 Å². The van der Waals surface area contributed by atoms with E-state index >= 15 is 0 Å². The van der Waals surface area contributed by atoms with Gasteiger partial charge in [0.05, 0.1) is 18.6 Å². The number of aromatic nitrogens is 3. The average Bonchev–Trinajstić information content (AvgIpc) is 3.31. The van der Waals surface area contributed by atoms with Crippen LogP contribution in [0.25, 0.3) is 5.52 Å². The molecule has 0 aromatic carbocycles. The van der Waals surface area contributed by atoms with E-state index < -0.39 is 11.4 Å². The van der Waals surface area contributed by atoms with Gasteiger partial charge >= 0.3 is 0 Å². The topological polar surface area (TPSA) is 139 Å². The predicted octanol–water partition coefficient (Wildman–Crippen LogP) is 1.79. The predicted molar refractivity (Wildman–Crippen MR) is 113 cm³/mol. The standard InChI is InChI=1S/C15H18N6O2.C3H8O2.C2H6/c1-20(2)10-18-14-12-4-3-11(21(12)19-9-17-14)13-5-6-15(7-16,8-22)23-13;1-3(2,4)5;1-2/h3-4,9-10,13,22H,5-6,8H2,1-2H3;4-5H,1-2H3;1-2H3. The Bertz CT molecular complexity index is 862. The zero-order chi connectivity index (χ0) is 22.9. The van der Waals surface area contributed by atoms with Crippen LogP contribution in [0.4, 0.5) is 5.82 Å². The van der Waals surface area contributed by atoms with Gasteiger partial charge in [0.15, 0.2) is 17.2 Å². The normalized spacial score (nSPS) is 20.9. The molecule has 0 aliphatic carbocycles. The number of ether oxygens (including phenoxy) is 1. The summed E-state index contributed by atoms with van der Waals surface area (Å²) < 4.78 is 7.53. The molecule has 0 saturated carbocycles. The van der Waals surface area contributed by atoms with Crippen LogP contribution >= 0.6 is 0 Å². The third-order valence-corrected chi connectivity index (χ3v) is 3.84. The number of hydrogen-bond acceptors (Lipinski definition) is 8. The van der Waals surface area contributed by atoms with Crippen molar-refractivity contribution >= 4 is 17.7 Å². The van der Waals surface area contributed by atoms with Crippen molar-refractivity contribution in [3.63, 3.8) is 0 Å². The fourth-order valence-electron chi connectivity index (χ4n) is 2.65. The highest BCUT2D eigenvalue weighted by Gasteiger charge is 2.41. The van der Waals surface area contributed by atoms with Crippen molar-refractivity contribution in [2.75, 3.05) is 20.7 Å². The quantitative estimate of drug-likeness (QED) is 0.386. The van der Waals surface area contributed by atoms with Crippen LogP contribution < -0.4 is 0 Å². The summed E-state index contributed by atoms with van der Waals surface area (Å²) in [6, 6.07) is 5.85. The number of nitriles is 1. The summed E-state index contributed by atoms with van der Waals surface area (Å²) in [4.78, 5) is 10.3. The van der Waals surface area contributed by atoms with Crippen molar-refractivity contribution in [2.45, 2.75) is 58.0 Å². The monoisotopic (exact) mass is 420 g/mol. The Morgan fingerprint density at radius 1 is 1.40 bits per heavy atom. The van der Waals surface area contributed by atoms with E-state index in [-0.39, 0.29) is 12.7 Å². The van der Waals surface area contributed by atoms with Gasteiger partial charge in [0.25, 0.3) is 0 Å². The molecule has 3 rings (SSSR count). The second kappa shape index (κ2) is 11.0. The van der Waals surface area contributed by atoms with E-state index in [4.69, 9.17) is 14.9 Å². The number of fused-ring (bicyclic) bond motifs is 1. The van der Waals surface area contributed by atoms with Crippen molar-refractivity contribution in [1.29, 1.82) is 5.26 Å². The minimum atomic E-state index is -1.50. The summed E-state index contributed by atoms with van der Waals surface area (Å²) in [5, 5.41) is 39.0. The van der Waals surface area contributed by atoms with Gasteiger partial charge in [-0.1, -0.05) is 13.8 Å². The van der Waals surface area contributed by atoms with E-state index in [0.717, 1.165) is 11.2 Å². The Hall–Kier alpha value is -2.58. The van der Waals surface area contributed by atoms with Crippen LogP contribution in [0.1, 0.15) is 52.3 Å². The number of rotatable bonds is 4. The number of aliphatic imine (C=N–C) groups is 1. The minimum Gasteiger partial charge on any atom is -0.392 e. The third kappa shape index (κ3) is 7.03. The van der Waals surface area contributed by atoms with Crippen LogP contribution in [-0.2, 0) is 4.74 Å². The maximum atomic E-state index is 9.41. The molecule has 10 nitrogen and oxygen atoms in total. The lowest BCUT2D eigenvalue weighted by atomic mass is 10.0. The second-order valence-electron chi connectivity index (χ2n) is 7.25. The maximum Gasteiger partial charge on any atom is 0.181 e. The van der Waals surface area contributed by atoms with Gasteiger partial charge in [-0.05, 0) is 38.8 Å². The molecule has 0 spiro atoms. The number of aliphatic hydroxyl groups is 3. The molecule has 30 heavy (non-hydrogen) atoms. The van der Waals surface area contributed by atoms with Crippen molar-refractivity contribution < 1.29 is 20.1 Å². The van der Waals surface area contributed by atoms with E-state index in [9.17, 15) is 10.4 Å². The Morgan fingerprint density at radius 2 is 2.03 bits per heavy atom. The van der Waals surface area contributed by atoms with Gasteiger partial charge in [0.1, 0.15) is 24.0 Å².